The number of carbonyl (C=O) groups is 2. The average Bonchev–Trinajstić information content (AvgIpc) is 3.36. The van der Waals surface area contributed by atoms with Crippen molar-refractivity contribution < 1.29 is 29.3 Å². The molecule has 10 atom stereocenters. The largest absolute Gasteiger partial charge is 0.458 e. The molecule has 0 amide bonds. The van der Waals surface area contributed by atoms with Gasteiger partial charge in [-0.15, -0.1) is 0 Å². The summed E-state index contributed by atoms with van der Waals surface area (Å²) in [7, 11) is 0. The normalized spacial score (nSPS) is 47.8. The van der Waals surface area contributed by atoms with Crippen molar-refractivity contribution in [2.24, 2.45) is 29.1 Å². The van der Waals surface area contributed by atoms with Crippen molar-refractivity contribution in [2.75, 3.05) is 6.61 Å². The number of Topliss-reactive ketones (excluding diaryl/α,β-unsaturated/α-hetero) is 1. The van der Waals surface area contributed by atoms with Crippen molar-refractivity contribution in [3.05, 3.63) is 0 Å². The predicted molar refractivity (Wildman–Crippen MR) is 123 cm³/mol. The van der Waals surface area contributed by atoms with Gasteiger partial charge in [0.1, 0.15) is 11.8 Å². The summed E-state index contributed by atoms with van der Waals surface area (Å²) in [5.74, 6) is 0.313. The van der Waals surface area contributed by atoms with E-state index in [1.54, 1.807) is 0 Å². The predicted octanol–water partition coefficient (Wildman–Crippen LogP) is 2.96. The number of epoxide rings is 1. The molecule has 5 unspecified atom stereocenters. The molecule has 7 nitrogen and oxygen atoms in total. The Morgan fingerprint density at radius 3 is 2.52 bits per heavy atom. The molecule has 1 aliphatic heterocycles. The highest BCUT2D eigenvalue weighted by molar-refractivity contribution is 5.90. The quantitative estimate of drug-likeness (QED) is 0.423. The summed E-state index contributed by atoms with van der Waals surface area (Å²) < 4.78 is 10.5. The molecular weight excluding hydrogens is 422 g/mol. The van der Waals surface area contributed by atoms with E-state index >= 15 is 0 Å². The molecule has 4 fully saturated rings. The minimum Gasteiger partial charge on any atom is -0.458 e. The highest BCUT2D eigenvalue weighted by Gasteiger charge is 2.65. The van der Waals surface area contributed by atoms with Gasteiger partial charge in [-0.3, -0.25) is 14.9 Å². The second-order valence-corrected chi connectivity index (χ2v) is 11.7. The third-order valence-electron chi connectivity index (χ3n) is 9.52. The number of hydrogen-bond acceptors (Lipinski definition) is 7. The highest BCUT2D eigenvalue weighted by atomic mass is 16.6. The number of nitrogens with one attached hydrogen (secondary N) is 1. The lowest BCUT2D eigenvalue weighted by molar-refractivity contribution is -0.175. The van der Waals surface area contributed by atoms with E-state index < -0.39 is 35.5 Å². The first kappa shape index (κ1) is 25.1. The Morgan fingerprint density at radius 1 is 1.12 bits per heavy atom. The van der Waals surface area contributed by atoms with Crippen molar-refractivity contribution in [3.63, 3.8) is 0 Å². The minimum absolute atomic E-state index is 0.193. The number of carbonyl (C=O) groups excluding carboxylic acids is 2. The average molecular weight is 466 g/mol. The summed E-state index contributed by atoms with van der Waals surface area (Å²) >= 11 is 0. The van der Waals surface area contributed by atoms with Crippen molar-refractivity contribution in [1.29, 1.82) is 0 Å². The van der Waals surface area contributed by atoms with Gasteiger partial charge in [0.25, 0.3) is 0 Å². The van der Waals surface area contributed by atoms with E-state index in [4.69, 9.17) is 9.47 Å². The van der Waals surface area contributed by atoms with Crippen LogP contribution in [0.2, 0.25) is 0 Å². The molecule has 3 N–H and O–H groups in total. The van der Waals surface area contributed by atoms with Crippen LogP contribution in [0.25, 0.3) is 0 Å². The van der Waals surface area contributed by atoms with E-state index in [-0.39, 0.29) is 18.1 Å². The van der Waals surface area contributed by atoms with E-state index in [9.17, 15) is 19.8 Å². The van der Waals surface area contributed by atoms with Crippen molar-refractivity contribution >= 4 is 11.8 Å². The zero-order valence-corrected chi connectivity index (χ0v) is 20.7. The number of fused-ring (bicyclic) bond motifs is 3. The second-order valence-electron chi connectivity index (χ2n) is 11.7. The molecule has 0 aromatic carbocycles. The van der Waals surface area contributed by atoms with Crippen molar-refractivity contribution in [2.45, 2.75) is 116 Å². The van der Waals surface area contributed by atoms with Crippen LogP contribution < -0.4 is 5.32 Å². The number of ketones is 1. The van der Waals surface area contributed by atoms with Crippen LogP contribution >= 0.6 is 0 Å². The first-order valence-corrected chi connectivity index (χ1v) is 13.0. The molecule has 1 saturated heterocycles. The zero-order valence-electron chi connectivity index (χ0n) is 20.7. The van der Waals surface area contributed by atoms with Crippen LogP contribution in [0.5, 0.6) is 0 Å². The van der Waals surface area contributed by atoms with Gasteiger partial charge in [-0.2, -0.15) is 0 Å². The Kier molecular flexibility index (Phi) is 7.26. The maximum absolute atomic E-state index is 13.0. The molecule has 3 saturated carbocycles. The Balaban J connectivity index is 1.49. The van der Waals surface area contributed by atoms with E-state index in [0.717, 1.165) is 44.9 Å². The third-order valence-corrected chi connectivity index (χ3v) is 9.52. The number of ether oxygens (including phenoxy) is 2. The van der Waals surface area contributed by atoms with Gasteiger partial charge in [-0.05, 0) is 75.5 Å². The van der Waals surface area contributed by atoms with E-state index in [1.807, 2.05) is 6.92 Å². The van der Waals surface area contributed by atoms with Crippen LogP contribution in [0.1, 0.15) is 85.5 Å². The Bertz CT molecular complexity index is 744. The fourth-order valence-corrected chi connectivity index (χ4v) is 7.56. The second kappa shape index (κ2) is 9.56. The fourth-order valence-electron chi connectivity index (χ4n) is 7.56. The van der Waals surface area contributed by atoms with E-state index in [1.165, 1.54) is 6.92 Å². The molecule has 3 aliphatic carbocycles. The van der Waals surface area contributed by atoms with E-state index in [0.29, 0.717) is 36.8 Å². The smallest absolute Gasteiger partial charge is 0.303 e. The van der Waals surface area contributed by atoms with Crippen LogP contribution in [0.15, 0.2) is 0 Å². The van der Waals surface area contributed by atoms with Gasteiger partial charge >= 0.3 is 5.97 Å². The lowest BCUT2D eigenvalue weighted by atomic mass is 9.53. The van der Waals surface area contributed by atoms with Gasteiger partial charge in [0.2, 0.25) is 5.78 Å². The van der Waals surface area contributed by atoms with Crippen molar-refractivity contribution in [3.8, 4) is 0 Å². The summed E-state index contributed by atoms with van der Waals surface area (Å²) in [4.78, 5) is 24.2. The summed E-state index contributed by atoms with van der Waals surface area (Å²) in [6.07, 6.45) is 7.89. The number of hydrogen-bond donors (Lipinski definition) is 3. The molecule has 188 valence electrons. The molecule has 4 aliphatic rings. The SMILES string of the molecule is CC(=O)OCC(=O)[C@@]1(O)CCC2C3CC[C@@H](C)C[C@@H](NC4OC4C)CCCC3[C@@H](O)C[C@@]21C. The zero-order chi connectivity index (χ0) is 24.0. The molecule has 0 aromatic rings. The first-order chi connectivity index (χ1) is 15.5. The van der Waals surface area contributed by atoms with Gasteiger partial charge in [0.15, 0.2) is 6.61 Å². The monoisotopic (exact) mass is 465 g/mol. The molecule has 7 heteroatoms. The highest BCUT2D eigenvalue weighted by Crippen LogP contribution is 2.62. The topological polar surface area (TPSA) is 108 Å². The van der Waals surface area contributed by atoms with Crippen LogP contribution in [0.3, 0.4) is 0 Å². The number of aliphatic hydroxyl groups is 2. The minimum atomic E-state index is -1.55. The number of aliphatic hydroxyl groups excluding tert-OH is 1. The van der Waals surface area contributed by atoms with Gasteiger partial charge in [-0.1, -0.05) is 26.7 Å². The Morgan fingerprint density at radius 2 is 1.85 bits per heavy atom. The maximum atomic E-state index is 13.0. The summed E-state index contributed by atoms with van der Waals surface area (Å²) in [6.45, 7) is 7.27. The number of rotatable bonds is 5. The summed E-state index contributed by atoms with van der Waals surface area (Å²) in [6, 6.07) is 0.452. The molecule has 4 rings (SSSR count). The summed E-state index contributed by atoms with van der Waals surface area (Å²) in [5, 5.41) is 26.6. The first-order valence-electron chi connectivity index (χ1n) is 13.0. The maximum Gasteiger partial charge on any atom is 0.303 e. The van der Waals surface area contributed by atoms with Gasteiger partial charge in [0, 0.05) is 18.4 Å². The molecule has 33 heavy (non-hydrogen) atoms. The number of esters is 1. The fraction of sp³-hybridized carbons (Fsp3) is 0.923. The van der Waals surface area contributed by atoms with E-state index in [2.05, 4.69) is 19.2 Å². The molecule has 0 spiro atoms. The lowest BCUT2D eigenvalue weighted by Gasteiger charge is -2.53. The van der Waals surface area contributed by atoms with Gasteiger partial charge < -0.3 is 19.7 Å². The molecule has 1 heterocycles. The standard InChI is InChI=1S/C26H43NO6/c1-15-8-9-19-20(7-5-6-18(12-15)27-24-16(2)33-24)22(29)13-25(4)21(19)10-11-26(25,31)23(30)14-32-17(3)28/h15-16,18-22,24,27,29,31H,5-14H2,1-4H3/t15-,16?,18+,19?,20?,21?,22+,24?,25+,26+/m1/s1. The summed E-state index contributed by atoms with van der Waals surface area (Å²) in [5.41, 5.74) is -2.24. The van der Waals surface area contributed by atoms with Gasteiger partial charge in [0.05, 0.1) is 12.2 Å². The van der Waals surface area contributed by atoms with Crippen molar-refractivity contribution in [1.82, 2.24) is 5.32 Å². The third kappa shape index (κ3) is 4.89. The molecule has 0 bridgehead atoms. The Hall–Kier alpha value is -1.02. The van der Waals surface area contributed by atoms with Crippen LogP contribution in [0, 0.1) is 29.1 Å². The molecular formula is C26H43NO6. The Labute approximate surface area is 198 Å². The van der Waals surface area contributed by atoms with Crippen LogP contribution in [-0.4, -0.2) is 58.7 Å². The lowest BCUT2D eigenvalue weighted by Crippen LogP contribution is -2.59. The molecule has 0 radical (unpaired) electrons. The van der Waals surface area contributed by atoms with Gasteiger partial charge in [-0.25, -0.2) is 0 Å². The van der Waals surface area contributed by atoms with Crippen LogP contribution in [-0.2, 0) is 19.1 Å². The molecule has 0 aromatic heterocycles. The van der Waals surface area contributed by atoms with Crippen LogP contribution in [0.4, 0.5) is 0 Å².